The average Bonchev–Trinajstić information content (AvgIpc) is 2.84. The van der Waals surface area contributed by atoms with E-state index in [1.165, 1.54) is 11.6 Å². The molecule has 1 heterocycles. The molecule has 2 nitrogen and oxygen atoms in total. The molecule has 0 fully saturated rings. The predicted octanol–water partition coefficient (Wildman–Crippen LogP) is 3.74. The summed E-state index contributed by atoms with van der Waals surface area (Å²) in [6.45, 7) is 6.06. The lowest BCUT2D eigenvalue weighted by atomic mass is 10.2. The highest BCUT2D eigenvalue weighted by atomic mass is 19.1. The van der Waals surface area contributed by atoms with E-state index in [4.69, 9.17) is 0 Å². The van der Waals surface area contributed by atoms with Gasteiger partial charge in [-0.15, -0.1) is 0 Å². The highest BCUT2D eigenvalue weighted by molar-refractivity contribution is 5.19. The van der Waals surface area contributed by atoms with Crippen LogP contribution in [-0.4, -0.2) is 11.1 Å². The Morgan fingerprint density at radius 1 is 1.32 bits per heavy atom. The molecule has 0 saturated carbocycles. The van der Waals surface area contributed by atoms with E-state index in [1.807, 2.05) is 12.3 Å². The molecule has 2 rings (SSSR count). The molecule has 102 valence electrons. The van der Waals surface area contributed by atoms with Crippen LogP contribution in [0.25, 0.3) is 0 Å². The van der Waals surface area contributed by atoms with Gasteiger partial charge in [-0.1, -0.05) is 19.1 Å². The van der Waals surface area contributed by atoms with Gasteiger partial charge in [0.2, 0.25) is 0 Å². The van der Waals surface area contributed by atoms with E-state index >= 15 is 0 Å². The fourth-order valence-electron chi connectivity index (χ4n) is 2.14. The molecule has 0 saturated heterocycles. The largest absolute Gasteiger partial charge is 0.350 e. The fourth-order valence-corrected chi connectivity index (χ4v) is 2.14. The van der Waals surface area contributed by atoms with Crippen LogP contribution in [0.5, 0.6) is 0 Å². The van der Waals surface area contributed by atoms with Crippen LogP contribution in [0.15, 0.2) is 42.7 Å². The van der Waals surface area contributed by atoms with Gasteiger partial charge in [-0.2, -0.15) is 0 Å². The summed E-state index contributed by atoms with van der Waals surface area (Å²) in [4.78, 5) is 0. The van der Waals surface area contributed by atoms with Gasteiger partial charge in [0.1, 0.15) is 5.82 Å². The Kier molecular flexibility index (Phi) is 4.74. The Hall–Kier alpha value is -1.61. The van der Waals surface area contributed by atoms with Gasteiger partial charge in [0, 0.05) is 25.0 Å². The van der Waals surface area contributed by atoms with Crippen LogP contribution >= 0.6 is 0 Å². The first-order valence-corrected chi connectivity index (χ1v) is 6.82. The molecule has 0 amide bonds. The summed E-state index contributed by atoms with van der Waals surface area (Å²) in [5.41, 5.74) is 2.25. The van der Waals surface area contributed by atoms with Gasteiger partial charge in [0.15, 0.2) is 0 Å². The number of hydrogen-bond acceptors (Lipinski definition) is 1. The maximum atomic E-state index is 13.1. The Labute approximate surface area is 114 Å². The fraction of sp³-hybridized carbons (Fsp3) is 0.375. The normalized spacial score (nSPS) is 12.6. The molecule has 0 aliphatic carbocycles. The van der Waals surface area contributed by atoms with E-state index in [1.54, 1.807) is 12.1 Å². The number of nitrogens with one attached hydrogen (secondary N) is 1. The monoisotopic (exact) mass is 260 g/mol. The second kappa shape index (κ2) is 6.53. The van der Waals surface area contributed by atoms with Crippen molar-refractivity contribution in [1.82, 2.24) is 9.88 Å². The van der Waals surface area contributed by atoms with E-state index < -0.39 is 0 Å². The average molecular weight is 260 g/mol. The summed E-state index contributed by atoms with van der Waals surface area (Å²) in [5, 5.41) is 3.46. The molecule has 2 aromatic rings. The van der Waals surface area contributed by atoms with Crippen LogP contribution in [0.4, 0.5) is 4.39 Å². The van der Waals surface area contributed by atoms with Gasteiger partial charge < -0.3 is 9.88 Å². The Balaban J connectivity index is 2.01. The minimum absolute atomic E-state index is 0.178. The first-order valence-electron chi connectivity index (χ1n) is 6.82. The van der Waals surface area contributed by atoms with Crippen LogP contribution < -0.4 is 5.32 Å². The maximum absolute atomic E-state index is 13.1. The minimum Gasteiger partial charge on any atom is -0.350 e. The van der Waals surface area contributed by atoms with E-state index in [9.17, 15) is 4.39 Å². The molecule has 0 bridgehead atoms. The van der Waals surface area contributed by atoms with Crippen molar-refractivity contribution in [2.75, 3.05) is 6.54 Å². The predicted molar refractivity (Wildman–Crippen MR) is 76.6 cm³/mol. The third kappa shape index (κ3) is 3.93. The third-order valence-corrected chi connectivity index (χ3v) is 3.23. The van der Waals surface area contributed by atoms with Gasteiger partial charge in [0.25, 0.3) is 0 Å². The first-order chi connectivity index (χ1) is 9.19. The zero-order valence-corrected chi connectivity index (χ0v) is 11.6. The maximum Gasteiger partial charge on any atom is 0.123 e. The van der Waals surface area contributed by atoms with Crippen LogP contribution in [0.1, 0.15) is 37.4 Å². The number of aromatic nitrogens is 1. The molecule has 1 unspecified atom stereocenters. The minimum atomic E-state index is -0.178. The molecule has 0 aliphatic rings. The van der Waals surface area contributed by atoms with Crippen LogP contribution in [0.3, 0.4) is 0 Å². The zero-order chi connectivity index (χ0) is 13.7. The van der Waals surface area contributed by atoms with Gasteiger partial charge in [-0.3, -0.25) is 0 Å². The van der Waals surface area contributed by atoms with Crippen molar-refractivity contribution in [1.29, 1.82) is 0 Å². The van der Waals surface area contributed by atoms with Gasteiger partial charge in [-0.05, 0) is 49.2 Å². The molecule has 1 atom stereocenters. The number of nitrogens with zero attached hydrogens (tertiary/aromatic N) is 1. The van der Waals surface area contributed by atoms with Crippen molar-refractivity contribution < 1.29 is 4.39 Å². The second-order valence-corrected chi connectivity index (χ2v) is 4.92. The molecule has 0 radical (unpaired) electrons. The smallest absolute Gasteiger partial charge is 0.123 e. The number of halogens is 1. The summed E-state index contributed by atoms with van der Waals surface area (Å²) < 4.78 is 15.2. The van der Waals surface area contributed by atoms with Crippen LogP contribution in [-0.2, 0) is 6.54 Å². The van der Waals surface area contributed by atoms with Crippen molar-refractivity contribution in [3.05, 3.63) is 59.7 Å². The lowest BCUT2D eigenvalue weighted by Crippen LogP contribution is -2.18. The van der Waals surface area contributed by atoms with Crippen molar-refractivity contribution in [2.45, 2.75) is 32.9 Å². The molecule has 1 N–H and O–H groups in total. The molecular formula is C16H21FN2. The standard InChI is InChI=1S/C16H21FN2/c1-3-8-18-13(2)15-7-9-19(12-15)11-14-5-4-6-16(17)10-14/h4-7,9-10,12-13,18H,3,8,11H2,1-2H3. The topological polar surface area (TPSA) is 17.0 Å². The van der Waals surface area contributed by atoms with Gasteiger partial charge in [-0.25, -0.2) is 4.39 Å². The summed E-state index contributed by atoms with van der Waals surface area (Å²) >= 11 is 0. The highest BCUT2D eigenvalue weighted by Crippen LogP contribution is 2.14. The highest BCUT2D eigenvalue weighted by Gasteiger charge is 2.06. The van der Waals surface area contributed by atoms with E-state index in [-0.39, 0.29) is 5.82 Å². The van der Waals surface area contributed by atoms with E-state index in [0.29, 0.717) is 12.6 Å². The van der Waals surface area contributed by atoms with E-state index in [2.05, 4.69) is 36.0 Å². The number of benzene rings is 1. The molecule has 0 spiro atoms. The quantitative estimate of drug-likeness (QED) is 0.837. The Morgan fingerprint density at radius 2 is 2.16 bits per heavy atom. The lowest BCUT2D eigenvalue weighted by molar-refractivity contribution is 0.569. The second-order valence-electron chi connectivity index (χ2n) is 4.92. The molecule has 1 aromatic carbocycles. The molecule has 1 aromatic heterocycles. The SMILES string of the molecule is CCCNC(C)c1ccn(Cc2cccc(F)c2)c1. The Morgan fingerprint density at radius 3 is 2.89 bits per heavy atom. The van der Waals surface area contributed by atoms with E-state index in [0.717, 1.165) is 18.5 Å². The molecule has 3 heteroatoms. The summed E-state index contributed by atoms with van der Waals surface area (Å²) in [6, 6.07) is 9.22. The molecular weight excluding hydrogens is 239 g/mol. The summed E-state index contributed by atoms with van der Waals surface area (Å²) in [5.74, 6) is -0.178. The van der Waals surface area contributed by atoms with Crippen molar-refractivity contribution in [3.8, 4) is 0 Å². The van der Waals surface area contributed by atoms with Crippen molar-refractivity contribution >= 4 is 0 Å². The third-order valence-electron chi connectivity index (χ3n) is 3.23. The number of hydrogen-bond donors (Lipinski definition) is 1. The van der Waals surface area contributed by atoms with Gasteiger partial charge >= 0.3 is 0 Å². The summed E-state index contributed by atoms with van der Waals surface area (Å²) in [7, 11) is 0. The first kappa shape index (κ1) is 13.8. The van der Waals surface area contributed by atoms with Gasteiger partial charge in [0.05, 0.1) is 0 Å². The van der Waals surface area contributed by atoms with Crippen LogP contribution in [0.2, 0.25) is 0 Å². The van der Waals surface area contributed by atoms with Crippen molar-refractivity contribution in [3.63, 3.8) is 0 Å². The lowest BCUT2D eigenvalue weighted by Gasteiger charge is -2.11. The molecule has 19 heavy (non-hydrogen) atoms. The molecule has 0 aliphatic heterocycles. The van der Waals surface area contributed by atoms with Crippen molar-refractivity contribution in [2.24, 2.45) is 0 Å². The van der Waals surface area contributed by atoms with Crippen LogP contribution in [0, 0.1) is 5.82 Å². The summed E-state index contributed by atoms with van der Waals surface area (Å²) in [6.07, 6.45) is 5.30. The Bertz CT molecular complexity index is 519. The zero-order valence-electron chi connectivity index (χ0n) is 11.6. The number of rotatable bonds is 6.